The Kier molecular flexibility index (Phi) is 3.43. The Morgan fingerprint density at radius 2 is 2.00 bits per heavy atom. The number of aromatic amines is 1. The van der Waals surface area contributed by atoms with E-state index in [1.165, 1.54) is 4.57 Å². The number of nitrogens with zero attached hydrogens (tertiary/aromatic N) is 3. The van der Waals surface area contributed by atoms with Gasteiger partial charge < -0.3 is 9.55 Å². The summed E-state index contributed by atoms with van der Waals surface area (Å²) in [5.41, 5.74) is 1.04. The minimum atomic E-state index is -0.360. The van der Waals surface area contributed by atoms with Crippen molar-refractivity contribution in [3.05, 3.63) is 63.3 Å². The number of imidazole rings is 1. The molecule has 108 valence electrons. The molecule has 6 nitrogen and oxygen atoms in total. The molecule has 0 unspecified atom stereocenters. The summed E-state index contributed by atoms with van der Waals surface area (Å²) in [4.78, 5) is 31.1. The van der Waals surface area contributed by atoms with Gasteiger partial charge in [0.25, 0.3) is 5.56 Å². The van der Waals surface area contributed by atoms with Crippen molar-refractivity contribution in [1.82, 2.24) is 19.1 Å². The lowest BCUT2D eigenvalue weighted by Gasteiger charge is -2.08. The van der Waals surface area contributed by atoms with Crippen LogP contribution >= 0.6 is 0 Å². The lowest BCUT2D eigenvalue weighted by molar-refractivity contribution is 0.533. The summed E-state index contributed by atoms with van der Waals surface area (Å²) in [5.74, 6) is 0. The van der Waals surface area contributed by atoms with Gasteiger partial charge in [-0.15, -0.1) is 0 Å². The third kappa shape index (κ3) is 2.52. The van der Waals surface area contributed by atoms with E-state index in [1.54, 1.807) is 36.8 Å². The molecule has 0 fully saturated rings. The van der Waals surface area contributed by atoms with Crippen LogP contribution in [0.25, 0.3) is 10.9 Å². The number of rotatable bonds is 4. The molecular weight excluding hydrogens is 268 g/mol. The highest BCUT2D eigenvalue weighted by molar-refractivity contribution is 5.76. The largest absolute Gasteiger partial charge is 0.335 e. The van der Waals surface area contributed by atoms with E-state index in [2.05, 4.69) is 9.97 Å². The van der Waals surface area contributed by atoms with Crippen LogP contribution in [0.15, 0.2) is 46.4 Å². The zero-order valence-electron chi connectivity index (χ0n) is 11.7. The van der Waals surface area contributed by atoms with Gasteiger partial charge in [-0.1, -0.05) is 12.1 Å². The van der Waals surface area contributed by atoms with Crippen molar-refractivity contribution >= 4 is 10.9 Å². The molecule has 0 saturated heterocycles. The molecule has 0 aliphatic rings. The van der Waals surface area contributed by atoms with Crippen molar-refractivity contribution in [2.75, 3.05) is 0 Å². The first-order valence-corrected chi connectivity index (χ1v) is 6.85. The van der Waals surface area contributed by atoms with E-state index in [4.69, 9.17) is 0 Å². The fourth-order valence-electron chi connectivity index (χ4n) is 2.42. The lowest BCUT2D eigenvalue weighted by Crippen LogP contribution is -2.35. The molecule has 0 aliphatic carbocycles. The van der Waals surface area contributed by atoms with Crippen molar-refractivity contribution in [3.8, 4) is 0 Å². The number of para-hydroxylation sites is 1. The molecule has 0 saturated carbocycles. The third-order valence-corrected chi connectivity index (χ3v) is 3.59. The number of fused-ring (bicyclic) bond motifs is 1. The first kappa shape index (κ1) is 13.4. The molecular formula is C15H16N4O2. The molecule has 0 radical (unpaired) electrons. The van der Waals surface area contributed by atoms with E-state index in [0.29, 0.717) is 23.9 Å². The minimum absolute atomic E-state index is 0.239. The van der Waals surface area contributed by atoms with Crippen LogP contribution in [0, 0.1) is 6.92 Å². The van der Waals surface area contributed by atoms with Gasteiger partial charge in [-0.2, -0.15) is 0 Å². The molecule has 2 aromatic heterocycles. The quantitative estimate of drug-likeness (QED) is 0.784. The van der Waals surface area contributed by atoms with Crippen molar-refractivity contribution in [3.63, 3.8) is 0 Å². The van der Waals surface area contributed by atoms with Crippen molar-refractivity contribution in [2.45, 2.75) is 26.4 Å². The van der Waals surface area contributed by atoms with Gasteiger partial charge in [-0.3, -0.25) is 9.36 Å². The number of hydrogen-bond donors (Lipinski definition) is 1. The average Bonchev–Trinajstić information content (AvgIpc) is 2.88. The highest BCUT2D eigenvalue weighted by Gasteiger charge is 2.06. The number of aryl methyl sites for hydroxylation is 2. The van der Waals surface area contributed by atoms with E-state index in [-0.39, 0.29) is 11.2 Å². The Bertz CT molecular complexity index is 888. The van der Waals surface area contributed by atoms with E-state index >= 15 is 0 Å². The minimum Gasteiger partial charge on any atom is -0.335 e. The van der Waals surface area contributed by atoms with Crippen LogP contribution in [-0.4, -0.2) is 19.1 Å². The molecule has 1 N–H and O–H groups in total. The second-order valence-electron chi connectivity index (χ2n) is 5.01. The molecule has 2 heterocycles. The van der Waals surface area contributed by atoms with Gasteiger partial charge in [0.2, 0.25) is 0 Å². The zero-order chi connectivity index (χ0) is 14.8. The molecule has 3 aromatic rings. The third-order valence-electron chi connectivity index (χ3n) is 3.59. The van der Waals surface area contributed by atoms with E-state index in [9.17, 15) is 9.59 Å². The molecule has 1 aromatic carbocycles. The summed E-state index contributed by atoms with van der Waals surface area (Å²) in [6.45, 7) is 3.09. The number of benzene rings is 1. The van der Waals surface area contributed by atoms with Crippen LogP contribution in [-0.2, 0) is 13.1 Å². The van der Waals surface area contributed by atoms with Crippen molar-refractivity contribution in [1.29, 1.82) is 0 Å². The van der Waals surface area contributed by atoms with Gasteiger partial charge in [0.1, 0.15) is 0 Å². The van der Waals surface area contributed by atoms with Gasteiger partial charge in [0.15, 0.2) is 0 Å². The van der Waals surface area contributed by atoms with Crippen LogP contribution in [0.2, 0.25) is 0 Å². The summed E-state index contributed by atoms with van der Waals surface area (Å²) in [6.07, 6.45) is 4.23. The summed E-state index contributed by atoms with van der Waals surface area (Å²) < 4.78 is 3.26. The van der Waals surface area contributed by atoms with Crippen LogP contribution in [0.4, 0.5) is 0 Å². The van der Waals surface area contributed by atoms with Crippen molar-refractivity contribution in [2.24, 2.45) is 0 Å². The summed E-state index contributed by atoms with van der Waals surface area (Å²) in [5, 5.41) is 0.538. The topological polar surface area (TPSA) is 72.7 Å². The monoisotopic (exact) mass is 284 g/mol. The molecule has 0 amide bonds. The highest BCUT2D eigenvalue weighted by atomic mass is 16.2. The molecule has 21 heavy (non-hydrogen) atoms. The van der Waals surface area contributed by atoms with Crippen LogP contribution in [0.3, 0.4) is 0 Å². The lowest BCUT2D eigenvalue weighted by atomic mass is 10.2. The Hall–Kier alpha value is -2.63. The maximum absolute atomic E-state index is 12.3. The summed E-state index contributed by atoms with van der Waals surface area (Å²) >= 11 is 0. The van der Waals surface area contributed by atoms with E-state index in [0.717, 1.165) is 12.2 Å². The standard InChI is InChI=1S/C15H16N4O2/c1-11-9-16-10-18(11)7-4-8-19-14(20)12-5-2-3-6-13(12)17-15(19)21/h2-3,5-6,9-10H,4,7-8H2,1H3,(H,17,21). The Morgan fingerprint density at radius 1 is 1.19 bits per heavy atom. The fraction of sp³-hybridized carbons (Fsp3) is 0.267. The maximum Gasteiger partial charge on any atom is 0.328 e. The normalized spacial score (nSPS) is 11.1. The maximum atomic E-state index is 12.3. The Balaban J connectivity index is 1.86. The predicted molar refractivity (Wildman–Crippen MR) is 80.4 cm³/mol. The summed E-state index contributed by atoms with van der Waals surface area (Å²) in [6, 6.07) is 7.05. The smallest absolute Gasteiger partial charge is 0.328 e. The SMILES string of the molecule is Cc1cncn1CCCn1c(=O)[nH]c2ccccc2c1=O. The van der Waals surface area contributed by atoms with Gasteiger partial charge in [0.05, 0.1) is 17.2 Å². The van der Waals surface area contributed by atoms with Gasteiger partial charge >= 0.3 is 5.69 Å². The van der Waals surface area contributed by atoms with E-state index in [1.807, 2.05) is 11.5 Å². The van der Waals surface area contributed by atoms with Crippen LogP contribution in [0.5, 0.6) is 0 Å². The fourth-order valence-corrected chi connectivity index (χ4v) is 2.42. The molecule has 0 atom stereocenters. The molecule has 0 spiro atoms. The summed E-state index contributed by atoms with van der Waals surface area (Å²) in [7, 11) is 0. The average molecular weight is 284 g/mol. The number of H-pyrrole nitrogens is 1. The zero-order valence-corrected chi connectivity index (χ0v) is 11.7. The molecule has 0 aliphatic heterocycles. The van der Waals surface area contributed by atoms with Gasteiger partial charge in [-0.25, -0.2) is 9.78 Å². The molecule has 3 rings (SSSR count). The number of nitrogens with one attached hydrogen (secondary N) is 1. The van der Waals surface area contributed by atoms with E-state index < -0.39 is 0 Å². The molecule has 0 bridgehead atoms. The number of hydrogen-bond acceptors (Lipinski definition) is 3. The second kappa shape index (κ2) is 5.40. The van der Waals surface area contributed by atoms with Crippen LogP contribution < -0.4 is 11.2 Å². The number of aromatic nitrogens is 4. The Morgan fingerprint density at radius 3 is 2.76 bits per heavy atom. The molecule has 6 heteroatoms. The highest BCUT2D eigenvalue weighted by Crippen LogP contribution is 2.03. The predicted octanol–water partition coefficient (Wildman–Crippen LogP) is 1.29. The second-order valence-corrected chi connectivity index (χ2v) is 5.01. The Labute approximate surface area is 120 Å². The van der Waals surface area contributed by atoms with Crippen LogP contribution in [0.1, 0.15) is 12.1 Å². The first-order valence-electron chi connectivity index (χ1n) is 6.85. The first-order chi connectivity index (χ1) is 10.2. The van der Waals surface area contributed by atoms with Crippen molar-refractivity contribution < 1.29 is 0 Å². The van der Waals surface area contributed by atoms with Gasteiger partial charge in [0, 0.05) is 25.0 Å². The van der Waals surface area contributed by atoms with Gasteiger partial charge in [-0.05, 0) is 25.5 Å².